The van der Waals surface area contributed by atoms with Crippen molar-refractivity contribution in [2.24, 2.45) is 0 Å². The Morgan fingerprint density at radius 2 is 2.04 bits per heavy atom. The van der Waals surface area contributed by atoms with E-state index in [1.807, 2.05) is 23.0 Å². The maximum Gasteiger partial charge on any atom is 0.329 e. The van der Waals surface area contributed by atoms with Crippen LogP contribution in [0.1, 0.15) is 39.3 Å². The highest BCUT2D eigenvalue weighted by molar-refractivity contribution is 8.18. The maximum atomic E-state index is 12.4. The minimum Gasteiger partial charge on any atom is -0.464 e. The molecule has 2 rings (SSSR count). The van der Waals surface area contributed by atoms with Crippen LogP contribution in [0.25, 0.3) is 6.08 Å². The molecule has 23 heavy (non-hydrogen) atoms. The SMILES string of the molecule is CCOC(=O)C(C)N1C(=O)S/C(=C\c2ccn(C(C)C)c2)C1=O. The molecule has 1 aliphatic rings. The average molecular weight is 336 g/mol. The number of thioether (sulfide) groups is 1. The summed E-state index contributed by atoms with van der Waals surface area (Å²) in [5.74, 6) is -1.04. The lowest BCUT2D eigenvalue weighted by Gasteiger charge is -2.19. The quantitative estimate of drug-likeness (QED) is 0.610. The van der Waals surface area contributed by atoms with Crippen molar-refractivity contribution in [2.75, 3.05) is 6.61 Å². The Kier molecular flexibility index (Phi) is 5.30. The van der Waals surface area contributed by atoms with Gasteiger partial charge in [-0.25, -0.2) is 4.79 Å². The smallest absolute Gasteiger partial charge is 0.329 e. The molecule has 6 nitrogen and oxygen atoms in total. The number of hydrogen-bond donors (Lipinski definition) is 0. The highest BCUT2D eigenvalue weighted by Gasteiger charge is 2.41. The first-order valence-corrected chi connectivity index (χ1v) is 8.28. The number of carbonyl (C=O) groups excluding carboxylic acids is 3. The molecule has 7 heteroatoms. The summed E-state index contributed by atoms with van der Waals surface area (Å²) < 4.78 is 6.89. The van der Waals surface area contributed by atoms with E-state index < -0.39 is 23.2 Å². The van der Waals surface area contributed by atoms with Gasteiger partial charge in [-0.2, -0.15) is 0 Å². The van der Waals surface area contributed by atoms with Crippen LogP contribution in [0.4, 0.5) is 4.79 Å². The van der Waals surface area contributed by atoms with Crippen LogP contribution >= 0.6 is 11.8 Å². The van der Waals surface area contributed by atoms with Gasteiger partial charge in [-0.3, -0.25) is 14.5 Å². The second kappa shape index (κ2) is 7.04. The van der Waals surface area contributed by atoms with Gasteiger partial charge in [0.05, 0.1) is 11.5 Å². The molecule has 124 valence electrons. The van der Waals surface area contributed by atoms with Gasteiger partial charge in [-0.1, -0.05) is 0 Å². The Balaban J connectivity index is 2.20. The summed E-state index contributed by atoms with van der Waals surface area (Å²) in [6, 6.07) is 1.27. The fourth-order valence-corrected chi connectivity index (χ4v) is 3.08. The minimum atomic E-state index is -0.923. The number of rotatable bonds is 5. The molecule has 2 amide bonds. The zero-order chi connectivity index (χ0) is 17.1. The molecule has 1 aromatic heterocycles. The van der Waals surface area contributed by atoms with Gasteiger partial charge in [0.15, 0.2) is 0 Å². The summed E-state index contributed by atoms with van der Waals surface area (Å²) >= 11 is 0.840. The molecule has 0 spiro atoms. The third kappa shape index (κ3) is 3.67. The van der Waals surface area contributed by atoms with Crippen molar-refractivity contribution in [1.82, 2.24) is 9.47 Å². The molecule has 2 heterocycles. The second-order valence-corrected chi connectivity index (χ2v) is 6.46. The zero-order valence-corrected chi connectivity index (χ0v) is 14.4. The van der Waals surface area contributed by atoms with Crippen molar-refractivity contribution < 1.29 is 19.1 Å². The van der Waals surface area contributed by atoms with Crippen LogP contribution in [0, 0.1) is 0 Å². The Morgan fingerprint density at radius 3 is 2.61 bits per heavy atom. The summed E-state index contributed by atoms with van der Waals surface area (Å²) in [4.78, 5) is 37.5. The number of aromatic nitrogens is 1. The number of ether oxygens (including phenoxy) is 1. The standard InChI is InChI=1S/C16H20N2O4S/c1-5-22-15(20)11(4)18-14(19)13(23-16(18)21)8-12-6-7-17(9-12)10(2)3/h6-11H,5H2,1-4H3/b13-8-. The van der Waals surface area contributed by atoms with Gasteiger partial charge in [-0.05, 0) is 57.2 Å². The normalized spacial score (nSPS) is 18.1. The Morgan fingerprint density at radius 1 is 1.35 bits per heavy atom. The summed E-state index contributed by atoms with van der Waals surface area (Å²) in [7, 11) is 0. The van der Waals surface area contributed by atoms with E-state index in [0.29, 0.717) is 10.9 Å². The number of imide groups is 1. The summed E-state index contributed by atoms with van der Waals surface area (Å²) in [5, 5.41) is -0.454. The van der Waals surface area contributed by atoms with E-state index in [1.165, 1.54) is 6.92 Å². The van der Waals surface area contributed by atoms with E-state index in [-0.39, 0.29) is 6.61 Å². The highest BCUT2D eigenvalue weighted by atomic mass is 32.2. The molecule has 0 saturated carbocycles. The van der Waals surface area contributed by atoms with Crippen molar-refractivity contribution in [3.05, 3.63) is 28.9 Å². The van der Waals surface area contributed by atoms with Crippen molar-refractivity contribution in [3.8, 4) is 0 Å². The molecule has 1 saturated heterocycles. The zero-order valence-electron chi connectivity index (χ0n) is 13.6. The van der Waals surface area contributed by atoms with Crippen LogP contribution in [-0.2, 0) is 14.3 Å². The Labute approximate surface area is 139 Å². The third-order valence-electron chi connectivity index (χ3n) is 3.47. The van der Waals surface area contributed by atoms with Gasteiger partial charge in [0.1, 0.15) is 6.04 Å². The van der Waals surface area contributed by atoms with E-state index >= 15 is 0 Å². The van der Waals surface area contributed by atoms with E-state index in [9.17, 15) is 14.4 Å². The molecule has 1 unspecified atom stereocenters. The van der Waals surface area contributed by atoms with E-state index in [0.717, 1.165) is 22.2 Å². The summed E-state index contributed by atoms with van der Waals surface area (Å²) in [6.07, 6.45) is 5.50. The predicted molar refractivity (Wildman–Crippen MR) is 88.7 cm³/mol. The van der Waals surface area contributed by atoms with Crippen LogP contribution in [0.5, 0.6) is 0 Å². The summed E-state index contributed by atoms with van der Waals surface area (Å²) in [5.41, 5.74) is 0.841. The molecule has 1 atom stereocenters. The average Bonchev–Trinajstić information content (AvgIpc) is 3.05. The predicted octanol–water partition coefficient (Wildman–Crippen LogP) is 3.06. The first-order chi connectivity index (χ1) is 10.8. The molecule has 1 aliphatic heterocycles. The molecular formula is C16H20N2O4S. The molecule has 0 N–H and O–H groups in total. The van der Waals surface area contributed by atoms with Crippen LogP contribution in [0.2, 0.25) is 0 Å². The van der Waals surface area contributed by atoms with Crippen molar-refractivity contribution in [1.29, 1.82) is 0 Å². The molecular weight excluding hydrogens is 316 g/mol. The fraction of sp³-hybridized carbons (Fsp3) is 0.438. The number of carbonyl (C=O) groups is 3. The first-order valence-electron chi connectivity index (χ1n) is 7.46. The number of hydrogen-bond acceptors (Lipinski definition) is 5. The topological polar surface area (TPSA) is 68.6 Å². The molecule has 0 aromatic carbocycles. The Hall–Kier alpha value is -2.02. The van der Waals surface area contributed by atoms with Gasteiger partial charge in [0, 0.05) is 18.4 Å². The molecule has 0 bridgehead atoms. The van der Waals surface area contributed by atoms with Crippen LogP contribution in [0.3, 0.4) is 0 Å². The number of amides is 2. The lowest BCUT2D eigenvalue weighted by Crippen LogP contribution is -2.42. The van der Waals surface area contributed by atoms with Crippen molar-refractivity contribution in [2.45, 2.75) is 39.8 Å². The van der Waals surface area contributed by atoms with Crippen molar-refractivity contribution >= 4 is 35.0 Å². The lowest BCUT2D eigenvalue weighted by atomic mass is 10.2. The molecule has 1 aromatic rings. The molecule has 0 aliphatic carbocycles. The summed E-state index contributed by atoms with van der Waals surface area (Å²) in [6.45, 7) is 7.49. The number of nitrogens with zero attached hydrogens (tertiary/aromatic N) is 2. The van der Waals surface area contributed by atoms with Crippen molar-refractivity contribution in [3.63, 3.8) is 0 Å². The highest BCUT2D eigenvalue weighted by Crippen LogP contribution is 2.34. The Bertz CT molecular complexity index is 663. The third-order valence-corrected chi connectivity index (χ3v) is 4.35. The van der Waals surface area contributed by atoms with Crippen LogP contribution in [-0.4, -0.2) is 39.2 Å². The van der Waals surface area contributed by atoms with Gasteiger partial charge >= 0.3 is 5.97 Å². The van der Waals surface area contributed by atoms with E-state index in [4.69, 9.17) is 4.74 Å². The van der Waals surface area contributed by atoms with Gasteiger partial charge in [0.2, 0.25) is 0 Å². The monoisotopic (exact) mass is 336 g/mol. The fourth-order valence-electron chi connectivity index (χ4n) is 2.17. The number of esters is 1. The van der Waals surface area contributed by atoms with Gasteiger partial charge in [0.25, 0.3) is 11.1 Å². The minimum absolute atomic E-state index is 0.206. The maximum absolute atomic E-state index is 12.4. The second-order valence-electron chi connectivity index (χ2n) is 5.47. The molecule has 0 radical (unpaired) electrons. The largest absolute Gasteiger partial charge is 0.464 e. The van der Waals surface area contributed by atoms with Crippen LogP contribution in [0.15, 0.2) is 23.4 Å². The lowest BCUT2D eigenvalue weighted by molar-refractivity contribution is -0.150. The van der Waals surface area contributed by atoms with E-state index in [2.05, 4.69) is 13.8 Å². The van der Waals surface area contributed by atoms with Gasteiger partial charge in [-0.15, -0.1) is 0 Å². The molecule has 1 fully saturated rings. The van der Waals surface area contributed by atoms with Crippen LogP contribution < -0.4 is 0 Å². The van der Waals surface area contributed by atoms with Gasteiger partial charge < -0.3 is 9.30 Å². The van der Waals surface area contributed by atoms with E-state index in [1.54, 1.807) is 13.0 Å². The first kappa shape index (κ1) is 17.3.